The number of halogens is 2. The molecule has 2 aromatic rings. The lowest BCUT2D eigenvalue weighted by molar-refractivity contribution is 0.101. The number of Topliss-reactive ketones (excluding diaryl/α,β-unsaturated/α-hetero) is 1. The minimum Gasteiger partial charge on any atom is -0.439 e. The number of carbonyl (C=O) groups excluding carboxylic acids is 1. The Hall–Kier alpha value is -1.94. The Morgan fingerprint density at radius 1 is 1.33 bits per heavy atom. The SMILES string of the molecule is CC(=O)c1ccc(Oc2ccc(Cl)c(F)c2)nc1. The zero-order valence-corrected chi connectivity index (χ0v) is 10.2. The van der Waals surface area contributed by atoms with E-state index in [0.29, 0.717) is 11.3 Å². The summed E-state index contributed by atoms with van der Waals surface area (Å²) in [7, 11) is 0. The molecule has 0 saturated carbocycles. The summed E-state index contributed by atoms with van der Waals surface area (Å²) in [5, 5.41) is 0.0298. The molecular weight excluding hydrogens is 257 g/mol. The molecular formula is C13H9ClFNO2. The highest BCUT2D eigenvalue weighted by molar-refractivity contribution is 6.30. The average Bonchev–Trinajstić information content (AvgIpc) is 2.34. The molecule has 2 rings (SSSR count). The van der Waals surface area contributed by atoms with Gasteiger partial charge in [-0.2, -0.15) is 0 Å². The maximum absolute atomic E-state index is 13.2. The van der Waals surface area contributed by atoms with Gasteiger partial charge in [0.1, 0.15) is 11.6 Å². The van der Waals surface area contributed by atoms with Crippen molar-refractivity contribution in [2.24, 2.45) is 0 Å². The Labute approximate surface area is 108 Å². The number of aromatic nitrogens is 1. The van der Waals surface area contributed by atoms with Gasteiger partial charge in [0.05, 0.1) is 5.02 Å². The number of ether oxygens (including phenoxy) is 1. The molecule has 0 aliphatic rings. The van der Waals surface area contributed by atoms with Crippen molar-refractivity contribution < 1.29 is 13.9 Å². The molecule has 0 fully saturated rings. The first-order valence-corrected chi connectivity index (χ1v) is 5.54. The summed E-state index contributed by atoms with van der Waals surface area (Å²) in [6.45, 7) is 1.45. The van der Waals surface area contributed by atoms with E-state index in [2.05, 4.69) is 4.98 Å². The molecule has 5 heteroatoms. The van der Waals surface area contributed by atoms with Gasteiger partial charge < -0.3 is 4.74 Å². The first-order valence-electron chi connectivity index (χ1n) is 5.16. The maximum atomic E-state index is 13.2. The third kappa shape index (κ3) is 2.84. The fraction of sp³-hybridized carbons (Fsp3) is 0.0769. The van der Waals surface area contributed by atoms with Crippen molar-refractivity contribution in [3.05, 3.63) is 52.9 Å². The van der Waals surface area contributed by atoms with E-state index in [4.69, 9.17) is 16.3 Å². The van der Waals surface area contributed by atoms with Crippen LogP contribution in [0.5, 0.6) is 11.6 Å². The van der Waals surface area contributed by atoms with E-state index in [1.807, 2.05) is 0 Å². The van der Waals surface area contributed by atoms with Crippen LogP contribution in [-0.2, 0) is 0 Å². The van der Waals surface area contributed by atoms with Crippen LogP contribution in [0.1, 0.15) is 17.3 Å². The van der Waals surface area contributed by atoms with E-state index in [9.17, 15) is 9.18 Å². The molecule has 0 aliphatic heterocycles. The Bertz CT molecular complexity index is 584. The van der Waals surface area contributed by atoms with Crippen LogP contribution in [0.2, 0.25) is 5.02 Å². The topological polar surface area (TPSA) is 39.2 Å². The number of benzene rings is 1. The molecule has 0 radical (unpaired) electrons. The molecule has 0 bridgehead atoms. The third-order valence-electron chi connectivity index (χ3n) is 2.26. The normalized spacial score (nSPS) is 10.2. The van der Waals surface area contributed by atoms with Gasteiger partial charge in [0.15, 0.2) is 5.78 Å². The van der Waals surface area contributed by atoms with Crippen molar-refractivity contribution >= 4 is 17.4 Å². The van der Waals surface area contributed by atoms with Gasteiger partial charge in [0.25, 0.3) is 0 Å². The lowest BCUT2D eigenvalue weighted by Crippen LogP contribution is -1.94. The second-order valence-electron chi connectivity index (χ2n) is 3.62. The van der Waals surface area contributed by atoms with Crippen molar-refractivity contribution in [2.75, 3.05) is 0 Å². The molecule has 0 saturated heterocycles. The van der Waals surface area contributed by atoms with Crippen LogP contribution in [0.15, 0.2) is 36.5 Å². The van der Waals surface area contributed by atoms with Crippen molar-refractivity contribution in [1.29, 1.82) is 0 Å². The van der Waals surface area contributed by atoms with Crippen LogP contribution in [0, 0.1) is 5.82 Å². The first-order chi connectivity index (χ1) is 8.56. The minimum absolute atomic E-state index is 0.0298. The summed E-state index contributed by atoms with van der Waals surface area (Å²) in [6, 6.07) is 7.24. The highest BCUT2D eigenvalue weighted by atomic mass is 35.5. The molecule has 0 atom stereocenters. The van der Waals surface area contributed by atoms with Gasteiger partial charge >= 0.3 is 0 Å². The molecule has 92 valence electrons. The Morgan fingerprint density at radius 2 is 2.11 bits per heavy atom. The zero-order valence-electron chi connectivity index (χ0n) is 9.48. The van der Waals surface area contributed by atoms with Crippen LogP contribution >= 0.6 is 11.6 Å². The van der Waals surface area contributed by atoms with Crippen LogP contribution in [0.3, 0.4) is 0 Å². The van der Waals surface area contributed by atoms with Gasteiger partial charge in [-0.1, -0.05) is 11.6 Å². The predicted octanol–water partition coefficient (Wildman–Crippen LogP) is 3.87. The summed E-state index contributed by atoms with van der Waals surface area (Å²) in [5.41, 5.74) is 0.490. The first kappa shape index (κ1) is 12.5. The number of carbonyl (C=O) groups is 1. The second kappa shape index (κ2) is 5.14. The fourth-order valence-electron chi connectivity index (χ4n) is 1.31. The maximum Gasteiger partial charge on any atom is 0.219 e. The molecule has 1 aromatic heterocycles. The molecule has 0 aliphatic carbocycles. The van der Waals surface area contributed by atoms with Crippen LogP contribution in [-0.4, -0.2) is 10.8 Å². The highest BCUT2D eigenvalue weighted by Gasteiger charge is 2.05. The molecule has 0 spiro atoms. The Morgan fingerprint density at radius 3 is 2.67 bits per heavy atom. The second-order valence-corrected chi connectivity index (χ2v) is 4.03. The number of nitrogens with zero attached hydrogens (tertiary/aromatic N) is 1. The summed E-state index contributed by atoms with van der Waals surface area (Å²) >= 11 is 5.56. The minimum atomic E-state index is -0.561. The summed E-state index contributed by atoms with van der Waals surface area (Å²) in [4.78, 5) is 15.0. The molecule has 3 nitrogen and oxygen atoms in total. The van der Waals surface area contributed by atoms with Gasteiger partial charge in [-0.05, 0) is 25.1 Å². The van der Waals surface area contributed by atoms with E-state index in [1.165, 1.54) is 31.3 Å². The van der Waals surface area contributed by atoms with E-state index >= 15 is 0 Å². The summed E-state index contributed by atoms with van der Waals surface area (Å²) in [5.74, 6) is -0.0668. The molecule has 1 aromatic carbocycles. The van der Waals surface area contributed by atoms with Crippen molar-refractivity contribution in [3.8, 4) is 11.6 Å². The molecule has 1 heterocycles. The molecule has 0 unspecified atom stereocenters. The number of rotatable bonds is 3. The van der Waals surface area contributed by atoms with Gasteiger partial charge in [-0.15, -0.1) is 0 Å². The summed E-state index contributed by atoms with van der Waals surface area (Å²) in [6.07, 6.45) is 1.41. The standard InChI is InChI=1S/C13H9ClFNO2/c1-8(17)9-2-5-13(16-7-9)18-10-3-4-11(14)12(15)6-10/h2-7H,1H3. The van der Waals surface area contributed by atoms with Crippen molar-refractivity contribution in [3.63, 3.8) is 0 Å². The van der Waals surface area contributed by atoms with Crippen molar-refractivity contribution in [1.82, 2.24) is 4.98 Å². The Balaban J connectivity index is 2.18. The largest absolute Gasteiger partial charge is 0.439 e. The smallest absolute Gasteiger partial charge is 0.219 e. The molecule has 0 N–H and O–H groups in total. The van der Waals surface area contributed by atoms with Crippen LogP contribution < -0.4 is 4.74 Å². The van der Waals surface area contributed by atoms with Crippen molar-refractivity contribution in [2.45, 2.75) is 6.92 Å². The van der Waals surface area contributed by atoms with Gasteiger partial charge in [-0.3, -0.25) is 4.79 Å². The fourth-order valence-corrected chi connectivity index (χ4v) is 1.43. The van der Waals surface area contributed by atoms with Crippen LogP contribution in [0.4, 0.5) is 4.39 Å². The van der Waals surface area contributed by atoms with E-state index in [-0.39, 0.29) is 16.7 Å². The number of ketones is 1. The number of hydrogen-bond donors (Lipinski definition) is 0. The predicted molar refractivity (Wildman–Crippen MR) is 65.7 cm³/mol. The quantitative estimate of drug-likeness (QED) is 0.791. The lowest BCUT2D eigenvalue weighted by atomic mass is 10.2. The highest BCUT2D eigenvalue weighted by Crippen LogP contribution is 2.24. The van der Waals surface area contributed by atoms with Gasteiger partial charge in [0, 0.05) is 23.9 Å². The van der Waals surface area contributed by atoms with E-state index in [1.54, 1.807) is 12.1 Å². The average molecular weight is 266 g/mol. The van der Waals surface area contributed by atoms with E-state index < -0.39 is 5.82 Å². The number of hydrogen-bond acceptors (Lipinski definition) is 3. The van der Waals surface area contributed by atoms with Gasteiger partial charge in [-0.25, -0.2) is 9.37 Å². The zero-order chi connectivity index (χ0) is 13.1. The lowest BCUT2D eigenvalue weighted by Gasteiger charge is -2.05. The van der Waals surface area contributed by atoms with Gasteiger partial charge in [0.2, 0.25) is 5.88 Å². The molecule has 18 heavy (non-hydrogen) atoms. The summed E-state index contributed by atoms with van der Waals surface area (Å²) < 4.78 is 18.5. The monoisotopic (exact) mass is 265 g/mol. The Kier molecular flexibility index (Phi) is 3.58. The van der Waals surface area contributed by atoms with E-state index in [0.717, 1.165) is 0 Å². The third-order valence-corrected chi connectivity index (χ3v) is 2.56. The molecule has 0 amide bonds. The number of pyridine rings is 1. The van der Waals surface area contributed by atoms with Crippen LogP contribution in [0.25, 0.3) is 0 Å².